The van der Waals surface area contributed by atoms with Crippen molar-refractivity contribution < 1.29 is 4.79 Å². The largest absolute Gasteiger partial charge is 0.392 e. The molecule has 1 amide bonds. The van der Waals surface area contributed by atoms with E-state index in [-0.39, 0.29) is 11.9 Å². The van der Waals surface area contributed by atoms with Crippen molar-refractivity contribution >= 4 is 23.1 Å². The van der Waals surface area contributed by atoms with Crippen molar-refractivity contribution in [3.05, 3.63) is 0 Å². The summed E-state index contributed by atoms with van der Waals surface area (Å²) in [7, 11) is 0. The van der Waals surface area contributed by atoms with Gasteiger partial charge in [0.2, 0.25) is 5.91 Å². The van der Waals surface area contributed by atoms with Crippen LogP contribution >= 0.6 is 12.2 Å². The number of amides is 1. The number of thiocarbonyl (C=S) groups is 1. The van der Waals surface area contributed by atoms with E-state index in [1.807, 2.05) is 6.92 Å². The van der Waals surface area contributed by atoms with E-state index in [9.17, 15) is 4.79 Å². The number of nitrogens with two attached hydrogens (primary N) is 1. The molecule has 3 N–H and O–H groups in total. The maximum atomic E-state index is 12.5. The highest BCUT2D eigenvalue weighted by atomic mass is 32.1. The van der Waals surface area contributed by atoms with Crippen LogP contribution in [0.3, 0.4) is 0 Å². The Morgan fingerprint density at radius 2 is 1.83 bits per heavy atom. The Morgan fingerprint density at radius 3 is 2.28 bits per heavy atom. The molecule has 1 rings (SSSR count). The van der Waals surface area contributed by atoms with E-state index in [0.717, 1.165) is 32.1 Å². The molecule has 1 aliphatic carbocycles. The van der Waals surface area contributed by atoms with Crippen molar-refractivity contribution in [1.29, 1.82) is 0 Å². The monoisotopic (exact) mass is 270 g/mol. The molecule has 1 fully saturated rings. The zero-order valence-electron chi connectivity index (χ0n) is 11.8. The van der Waals surface area contributed by atoms with Gasteiger partial charge in [-0.1, -0.05) is 45.3 Å². The molecule has 0 radical (unpaired) electrons. The molecule has 4 heteroatoms. The van der Waals surface area contributed by atoms with Crippen LogP contribution in [-0.4, -0.2) is 16.9 Å². The van der Waals surface area contributed by atoms with Gasteiger partial charge < -0.3 is 11.1 Å². The summed E-state index contributed by atoms with van der Waals surface area (Å²) in [5.74, 6) is 0.621. The number of nitrogens with one attached hydrogen (secondary N) is 1. The van der Waals surface area contributed by atoms with Gasteiger partial charge in [0.05, 0.1) is 10.4 Å². The van der Waals surface area contributed by atoms with E-state index in [0.29, 0.717) is 10.9 Å². The highest BCUT2D eigenvalue weighted by Crippen LogP contribution is 2.37. The average Bonchev–Trinajstić information content (AvgIpc) is 2.28. The van der Waals surface area contributed by atoms with Gasteiger partial charge in [-0.25, -0.2) is 0 Å². The van der Waals surface area contributed by atoms with Crippen LogP contribution in [0.5, 0.6) is 0 Å². The number of carbonyl (C=O) groups excluding carboxylic acids is 1. The molecule has 1 atom stereocenters. The van der Waals surface area contributed by atoms with E-state index in [4.69, 9.17) is 18.0 Å². The van der Waals surface area contributed by atoms with Gasteiger partial charge in [-0.3, -0.25) is 4.79 Å². The van der Waals surface area contributed by atoms with Crippen LogP contribution in [0.25, 0.3) is 0 Å². The van der Waals surface area contributed by atoms with Crippen molar-refractivity contribution in [3.8, 4) is 0 Å². The van der Waals surface area contributed by atoms with Crippen LogP contribution in [-0.2, 0) is 4.79 Å². The van der Waals surface area contributed by atoms with Gasteiger partial charge in [0.25, 0.3) is 0 Å². The van der Waals surface area contributed by atoms with E-state index < -0.39 is 5.41 Å². The highest BCUT2D eigenvalue weighted by Gasteiger charge is 2.42. The summed E-state index contributed by atoms with van der Waals surface area (Å²) in [6.07, 6.45) is 5.87. The fraction of sp³-hybridized carbons (Fsp3) is 0.857. The number of hydrogen-bond donors (Lipinski definition) is 2. The molecule has 104 valence electrons. The lowest BCUT2D eigenvalue weighted by molar-refractivity contribution is -0.129. The van der Waals surface area contributed by atoms with Gasteiger partial charge in [0.15, 0.2) is 0 Å². The lowest BCUT2D eigenvalue weighted by atomic mass is 9.73. The fourth-order valence-electron chi connectivity index (χ4n) is 2.87. The molecule has 0 saturated heterocycles. The van der Waals surface area contributed by atoms with E-state index in [2.05, 4.69) is 19.2 Å². The Balaban J connectivity index is 2.69. The summed E-state index contributed by atoms with van der Waals surface area (Å²) in [5.41, 5.74) is 5.27. The van der Waals surface area contributed by atoms with Gasteiger partial charge >= 0.3 is 0 Å². The lowest BCUT2D eigenvalue weighted by Crippen LogP contribution is -2.52. The summed E-state index contributed by atoms with van der Waals surface area (Å²) in [6, 6.07) is 0.186. The molecular formula is C14H26N2OS. The van der Waals surface area contributed by atoms with Crippen molar-refractivity contribution in [2.75, 3.05) is 0 Å². The second kappa shape index (κ2) is 6.50. The van der Waals surface area contributed by atoms with Gasteiger partial charge in [-0.15, -0.1) is 0 Å². The summed E-state index contributed by atoms with van der Waals surface area (Å²) in [4.78, 5) is 12.8. The van der Waals surface area contributed by atoms with Crippen LogP contribution in [0, 0.1) is 11.3 Å². The minimum Gasteiger partial charge on any atom is -0.392 e. The van der Waals surface area contributed by atoms with Crippen molar-refractivity contribution in [1.82, 2.24) is 5.32 Å². The van der Waals surface area contributed by atoms with Crippen molar-refractivity contribution in [3.63, 3.8) is 0 Å². The summed E-state index contributed by atoms with van der Waals surface area (Å²) in [5, 5.41) is 3.10. The van der Waals surface area contributed by atoms with Gasteiger partial charge in [-0.05, 0) is 32.1 Å². The molecule has 0 aliphatic heterocycles. The first kappa shape index (κ1) is 15.4. The second-order valence-electron chi connectivity index (χ2n) is 6.01. The quantitative estimate of drug-likeness (QED) is 0.755. The van der Waals surface area contributed by atoms with Crippen molar-refractivity contribution in [2.24, 2.45) is 17.1 Å². The molecule has 1 unspecified atom stereocenters. The maximum Gasteiger partial charge on any atom is 0.233 e. The van der Waals surface area contributed by atoms with E-state index >= 15 is 0 Å². The first-order chi connectivity index (χ1) is 8.38. The number of carbonyl (C=O) groups is 1. The normalized spacial score (nSPS) is 20.4. The zero-order chi connectivity index (χ0) is 13.8. The zero-order valence-corrected chi connectivity index (χ0v) is 12.6. The third-order valence-corrected chi connectivity index (χ3v) is 4.21. The Bertz CT molecular complexity index is 309. The third-order valence-electron chi connectivity index (χ3n) is 3.82. The highest BCUT2D eigenvalue weighted by molar-refractivity contribution is 7.80. The molecule has 0 aromatic carbocycles. The molecule has 18 heavy (non-hydrogen) atoms. The Labute approximate surface area is 116 Å². The lowest BCUT2D eigenvalue weighted by Gasteiger charge is -2.35. The van der Waals surface area contributed by atoms with Gasteiger partial charge in [-0.2, -0.15) is 0 Å². The van der Waals surface area contributed by atoms with Crippen LogP contribution in [0.1, 0.15) is 59.3 Å². The van der Waals surface area contributed by atoms with Crippen LogP contribution in [0.4, 0.5) is 0 Å². The summed E-state index contributed by atoms with van der Waals surface area (Å²) in [6.45, 7) is 6.37. The van der Waals surface area contributed by atoms with Crippen LogP contribution in [0.2, 0.25) is 0 Å². The summed E-state index contributed by atoms with van der Waals surface area (Å²) >= 11 is 5.16. The van der Waals surface area contributed by atoms with Gasteiger partial charge in [0, 0.05) is 6.04 Å². The smallest absolute Gasteiger partial charge is 0.233 e. The maximum absolute atomic E-state index is 12.5. The Morgan fingerprint density at radius 1 is 1.28 bits per heavy atom. The first-order valence-electron chi connectivity index (χ1n) is 6.99. The Hall–Kier alpha value is -0.640. The number of rotatable bonds is 5. The number of hydrogen-bond acceptors (Lipinski definition) is 2. The van der Waals surface area contributed by atoms with Crippen LogP contribution in [0.15, 0.2) is 0 Å². The van der Waals surface area contributed by atoms with Crippen molar-refractivity contribution in [2.45, 2.75) is 65.3 Å². The molecule has 0 spiro atoms. The minimum atomic E-state index is -0.585. The molecule has 0 heterocycles. The molecule has 0 bridgehead atoms. The third kappa shape index (κ3) is 3.67. The molecule has 1 aliphatic rings. The predicted molar refractivity (Wildman–Crippen MR) is 79.4 cm³/mol. The SMILES string of the molecule is CC(C)CC(C)NC(=O)C1(C(N)=S)CCCCC1. The first-order valence-corrected chi connectivity index (χ1v) is 7.40. The summed E-state index contributed by atoms with van der Waals surface area (Å²) < 4.78 is 0. The molecule has 0 aromatic heterocycles. The molecule has 1 saturated carbocycles. The average molecular weight is 270 g/mol. The van der Waals surface area contributed by atoms with Crippen LogP contribution < -0.4 is 11.1 Å². The minimum absolute atomic E-state index is 0.0443. The molecule has 0 aromatic rings. The standard InChI is InChI=1S/C14H26N2OS/c1-10(2)9-11(3)16-13(17)14(12(15)18)7-5-4-6-8-14/h10-11H,4-9H2,1-3H3,(H2,15,18)(H,16,17). The van der Waals surface area contributed by atoms with E-state index in [1.165, 1.54) is 6.42 Å². The van der Waals surface area contributed by atoms with E-state index in [1.54, 1.807) is 0 Å². The molecular weight excluding hydrogens is 244 g/mol. The molecule has 3 nitrogen and oxygen atoms in total. The Kier molecular flexibility index (Phi) is 5.57. The second-order valence-corrected chi connectivity index (χ2v) is 6.45. The topological polar surface area (TPSA) is 55.1 Å². The fourth-order valence-corrected chi connectivity index (χ4v) is 3.17. The van der Waals surface area contributed by atoms with Gasteiger partial charge in [0.1, 0.15) is 0 Å². The predicted octanol–water partition coefficient (Wildman–Crippen LogP) is 2.77.